The molecule has 0 bridgehead atoms. The predicted molar refractivity (Wildman–Crippen MR) is 106 cm³/mol. The number of para-hydroxylation sites is 1. The summed E-state index contributed by atoms with van der Waals surface area (Å²) in [4.78, 5) is 15.5. The molecule has 2 aromatic carbocycles. The van der Waals surface area contributed by atoms with Crippen molar-refractivity contribution in [3.8, 4) is 17.0 Å². The lowest BCUT2D eigenvalue weighted by molar-refractivity contribution is -0.136. The molecule has 3 aromatic rings. The maximum absolute atomic E-state index is 11.0. The molecule has 28 heavy (non-hydrogen) atoms. The smallest absolute Gasteiger partial charge is 0.307 e. The molecular formula is C22H22N2O4. The highest BCUT2D eigenvalue weighted by atomic mass is 16.5. The molecule has 1 heterocycles. The van der Waals surface area contributed by atoms with Crippen LogP contribution in [0.5, 0.6) is 5.75 Å². The number of aliphatic carboxylic acids is 1. The minimum absolute atomic E-state index is 0.0853. The molecule has 6 nitrogen and oxygen atoms in total. The van der Waals surface area contributed by atoms with Gasteiger partial charge in [-0.05, 0) is 29.8 Å². The number of nitrogens with two attached hydrogens (primary N) is 1. The van der Waals surface area contributed by atoms with Crippen LogP contribution in [0.3, 0.4) is 0 Å². The Morgan fingerprint density at radius 3 is 2.64 bits per heavy atom. The SMILES string of the molecule is NC(CO)c1cccc(-c2cccc(COc3ccccc3CC(=O)O)c2)n1. The number of benzene rings is 2. The molecule has 1 aromatic heterocycles. The van der Waals surface area contributed by atoms with Gasteiger partial charge in [-0.2, -0.15) is 0 Å². The van der Waals surface area contributed by atoms with E-state index in [-0.39, 0.29) is 13.0 Å². The number of ether oxygens (including phenoxy) is 1. The number of rotatable bonds is 8. The van der Waals surface area contributed by atoms with Crippen molar-refractivity contribution in [2.24, 2.45) is 5.73 Å². The van der Waals surface area contributed by atoms with Gasteiger partial charge in [0, 0.05) is 11.1 Å². The summed E-state index contributed by atoms with van der Waals surface area (Å²) in [6.45, 7) is 0.139. The third-order valence-electron chi connectivity index (χ3n) is 4.28. The minimum atomic E-state index is -0.898. The summed E-state index contributed by atoms with van der Waals surface area (Å²) in [5, 5.41) is 18.3. The van der Waals surface area contributed by atoms with E-state index in [2.05, 4.69) is 4.98 Å². The fourth-order valence-electron chi connectivity index (χ4n) is 2.85. The number of hydrogen-bond acceptors (Lipinski definition) is 5. The molecule has 0 spiro atoms. The molecule has 4 N–H and O–H groups in total. The molecule has 0 fully saturated rings. The first-order chi connectivity index (χ1) is 13.6. The number of nitrogens with zero attached hydrogens (tertiary/aromatic N) is 1. The molecule has 0 saturated carbocycles. The van der Waals surface area contributed by atoms with Crippen LogP contribution in [0.4, 0.5) is 0 Å². The Morgan fingerprint density at radius 2 is 1.86 bits per heavy atom. The number of pyridine rings is 1. The number of carboxylic acids is 1. The molecule has 0 aliphatic heterocycles. The van der Waals surface area contributed by atoms with Crippen LogP contribution in [0.25, 0.3) is 11.3 Å². The Labute approximate surface area is 163 Å². The summed E-state index contributed by atoms with van der Waals surface area (Å²) in [5.41, 5.74) is 9.72. The zero-order chi connectivity index (χ0) is 19.9. The average Bonchev–Trinajstić information content (AvgIpc) is 2.72. The molecule has 0 aliphatic carbocycles. The Balaban J connectivity index is 1.77. The fraction of sp³-hybridized carbons (Fsp3) is 0.182. The van der Waals surface area contributed by atoms with Crippen LogP contribution in [0, 0.1) is 0 Å². The molecule has 0 saturated heterocycles. The Bertz CT molecular complexity index is 959. The van der Waals surface area contributed by atoms with Crippen LogP contribution in [-0.4, -0.2) is 27.8 Å². The van der Waals surface area contributed by atoms with Crippen molar-refractivity contribution in [1.29, 1.82) is 0 Å². The van der Waals surface area contributed by atoms with Crippen LogP contribution >= 0.6 is 0 Å². The summed E-state index contributed by atoms with van der Waals surface area (Å²) in [7, 11) is 0. The third kappa shape index (κ3) is 4.94. The third-order valence-corrected chi connectivity index (χ3v) is 4.28. The van der Waals surface area contributed by atoms with E-state index >= 15 is 0 Å². The second kappa shape index (κ2) is 9.12. The summed E-state index contributed by atoms with van der Waals surface area (Å²) in [6, 6.07) is 19.9. The Kier molecular flexibility index (Phi) is 6.37. The van der Waals surface area contributed by atoms with E-state index in [1.54, 1.807) is 24.3 Å². The number of carboxylic acid groups (broad SMARTS) is 1. The number of aliphatic hydroxyl groups is 1. The van der Waals surface area contributed by atoms with Gasteiger partial charge in [-0.1, -0.05) is 42.5 Å². The molecule has 1 unspecified atom stereocenters. The highest BCUT2D eigenvalue weighted by Gasteiger charge is 2.10. The van der Waals surface area contributed by atoms with Crippen molar-refractivity contribution in [3.63, 3.8) is 0 Å². The fourth-order valence-corrected chi connectivity index (χ4v) is 2.85. The first kappa shape index (κ1) is 19.5. The van der Waals surface area contributed by atoms with Gasteiger partial charge < -0.3 is 20.7 Å². The average molecular weight is 378 g/mol. The van der Waals surface area contributed by atoms with Gasteiger partial charge in [-0.3, -0.25) is 9.78 Å². The van der Waals surface area contributed by atoms with Gasteiger partial charge in [0.05, 0.1) is 30.5 Å². The highest BCUT2D eigenvalue weighted by Crippen LogP contribution is 2.23. The van der Waals surface area contributed by atoms with Crippen LogP contribution in [0.15, 0.2) is 66.7 Å². The van der Waals surface area contributed by atoms with Gasteiger partial charge in [-0.25, -0.2) is 0 Å². The van der Waals surface area contributed by atoms with Gasteiger partial charge in [0.15, 0.2) is 0 Å². The van der Waals surface area contributed by atoms with Crippen molar-refractivity contribution in [3.05, 3.63) is 83.6 Å². The predicted octanol–water partition coefficient (Wildman–Crippen LogP) is 2.95. The van der Waals surface area contributed by atoms with Crippen molar-refractivity contribution >= 4 is 5.97 Å². The number of aliphatic hydroxyl groups excluding tert-OH is 1. The standard InChI is InChI=1S/C22H22N2O4/c23-18(13-25)20-9-4-8-19(24-20)16-7-3-5-15(11-16)14-28-21-10-2-1-6-17(21)12-22(26)27/h1-11,18,25H,12-14,23H2,(H,26,27). The van der Waals surface area contributed by atoms with E-state index < -0.39 is 12.0 Å². The van der Waals surface area contributed by atoms with E-state index in [1.807, 2.05) is 42.5 Å². The van der Waals surface area contributed by atoms with Crippen LogP contribution in [-0.2, 0) is 17.8 Å². The van der Waals surface area contributed by atoms with Gasteiger partial charge in [0.2, 0.25) is 0 Å². The quantitative estimate of drug-likeness (QED) is 0.556. The van der Waals surface area contributed by atoms with E-state index in [4.69, 9.17) is 15.6 Å². The van der Waals surface area contributed by atoms with E-state index in [0.717, 1.165) is 16.8 Å². The lowest BCUT2D eigenvalue weighted by Crippen LogP contribution is -2.16. The van der Waals surface area contributed by atoms with E-state index in [0.29, 0.717) is 23.6 Å². The topological polar surface area (TPSA) is 106 Å². The summed E-state index contributed by atoms with van der Waals surface area (Å²) in [6.07, 6.45) is -0.0853. The highest BCUT2D eigenvalue weighted by molar-refractivity contribution is 5.71. The zero-order valence-electron chi connectivity index (χ0n) is 15.3. The van der Waals surface area contributed by atoms with Gasteiger partial charge in [0.1, 0.15) is 12.4 Å². The summed E-state index contributed by atoms with van der Waals surface area (Å²) >= 11 is 0. The summed E-state index contributed by atoms with van der Waals surface area (Å²) in [5.74, 6) is -0.338. The second-order valence-electron chi connectivity index (χ2n) is 6.40. The number of hydrogen-bond donors (Lipinski definition) is 3. The van der Waals surface area contributed by atoms with Gasteiger partial charge in [0.25, 0.3) is 0 Å². The van der Waals surface area contributed by atoms with Crippen LogP contribution < -0.4 is 10.5 Å². The molecule has 1 atom stereocenters. The maximum atomic E-state index is 11.0. The van der Waals surface area contributed by atoms with Gasteiger partial charge in [-0.15, -0.1) is 0 Å². The Hall–Kier alpha value is -3.22. The Morgan fingerprint density at radius 1 is 1.07 bits per heavy atom. The van der Waals surface area contributed by atoms with Gasteiger partial charge >= 0.3 is 5.97 Å². The summed E-state index contributed by atoms with van der Waals surface area (Å²) < 4.78 is 5.86. The maximum Gasteiger partial charge on any atom is 0.307 e. The minimum Gasteiger partial charge on any atom is -0.489 e. The van der Waals surface area contributed by atoms with Crippen LogP contribution in [0.1, 0.15) is 22.9 Å². The lowest BCUT2D eigenvalue weighted by atomic mass is 10.1. The van der Waals surface area contributed by atoms with Crippen molar-refractivity contribution in [1.82, 2.24) is 4.98 Å². The second-order valence-corrected chi connectivity index (χ2v) is 6.40. The molecule has 6 heteroatoms. The van der Waals surface area contributed by atoms with E-state index in [1.165, 1.54) is 0 Å². The molecule has 0 amide bonds. The molecule has 3 rings (SSSR count). The number of aromatic nitrogens is 1. The molecular weight excluding hydrogens is 356 g/mol. The number of carbonyl (C=O) groups is 1. The van der Waals surface area contributed by atoms with Crippen LogP contribution in [0.2, 0.25) is 0 Å². The molecule has 0 aliphatic rings. The van der Waals surface area contributed by atoms with Crippen molar-refractivity contribution in [2.75, 3.05) is 6.61 Å². The first-order valence-electron chi connectivity index (χ1n) is 8.92. The molecule has 144 valence electrons. The van der Waals surface area contributed by atoms with E-state index in [9.17, 15) is 9.90 Å². The lowest BCUT2D eigenvalue weighted by Gasteiger charge is -2.12. The monoisotopic (exact) mass is 378 g/mol. The zero-order valence-corrected chi connectivity index (χ0v) is 15.3. The first-order valence-corrected chi connectivity index (χ1v) is 8.92. The normalized spacial score (nSPS) is 11.8. The molecule has 0 radical (unpaired) electrons. The van der Waals surface area contributed by atoms with Crippen molar-refractivity contribution in [2.45, 2.75) is 19.1 Å². The van der Waals surface area contributed by atoms with Crippen molar-refractivity contribution < 1.29 is 19.7 Å². The largest absolute Gasteiger partial charge is 0.489 e.